The quantitative estimate of drug-likeness (QED) is 0.865. The van der Waals surface area contributed by atoms with E-state index in [4.69, 9.17) is 4.74 Å². The summed E-state index contributed by atoms with van der Waals surface area (Å²) in [6.07, 6.45) is 1.10. The van der Waals surface area contributed by atoms with E-state index in [1.54, 1.807) is 7.11 Å². The molecule has 1 unspecified atom stereocenters. The Bertz CT molecular complexity index is 612. The van der Waals surface area contributed by atoms with Crippen LogP contribution in [0.15, 0.2) is 22.7 Å². The molecular formula is C15H21BrN4O. The van der Waals surface area contributed by atoms with Gasteiger partial charge in [0.05, 0.1) is 24.5 Å². The molecule has 0 saturated carbocycles. The van der Waals surface area contributed by atoms with Crippen LogP contribution in [0.4, 0.5) is 0 Å². The van der Waals surface area contributed by atoms with E-state index in [0.29, 0.717) is 0 Å². The lowest BCUT2D eigenvalue weighted by atomic mass is 10.2. The van der Waals surface area contributed by atoms with Crippen molar-refractivity contribution < 1.29 is 4.74 Å². The molecule has 1 heterocycles. The standard InChI is InChI=1S/C15H21BrN4O/c1-5-8-17-10(2)15-11(3)20(19-18-15)14-9-12(21-4)6-7-13(14)16/h6-7,9-10,17H,5,8H2,1-4H3. The van der Waals surface area contributed by atoms with E-state index >= 15 is 0 Å². The number of nitrogens with one attached hydrogen (secondary N) is 1. The number of methoxy groups -OCH3 is 1. The fourth-order valence-electron chi connectivity index (χ4n) is 2.21. The highest BCUT2D eigenvalue weighted by atomic mass is 79.9. The average Bonchev–Trinajstić information content (AvgIpc) is 2.87. The lowest BCUT2D eigenvalue weighted by Gasteiger charge is -2.12. The van der Waals surface area contributed by atoms with Crippen molar-refractivity contribution in [3.63, 3.8) is 0 Å². The fraction of sp³-hybridized carbons (Fsp3) is 0.467. The Hall–Kier alpha value is -1.40. The highest BCUT2D eigenvalue weighted by molar-refractivity contribution is 9.10. The molecule has 0 aliphatic heterocycles. The number of hydrogen-bond acceptors (Lipinski definition) is 4. The van der Waals surface area contributed by atoms with Crippen LogP contribution >= 0.6 is 15.9 Å². The predicted octanol–water partition coefficient (Wildman–Crippen LogP) is 3.41. The van der Waals surface area contributed by atoms with Gasteiger partial charge in [-0.2, -0.15) is 0 Å². The summed E-state index contributed by atoms with van der Waals surface area (Å²) >= 11 is 3.56. The van der Waals surface area contributed by atoms with Gasteiger partial charge < -0.3 is 10.1 Å². The van der Waals surface area contributed by atoms with Gasteiger partial charge in [0.25, 0.3) is 0 Å². The minimum Gasteiger partial charge on any atom is -0.497 e. The van der Waals surface area contributed by atoms with E-state index in [-0.39, 0.29) is 6.04 Å². The smallest absolute Gasteiger partial charge is 0.121 e. The molecule has 1 aromatic heterocycles. The van der Waals surface area contributed by atoms with Crippen molar-refractivity contribution in [1.82, 2.24) is 20.3 Å². The van der Waals surface area contributed by atoms with Crippen LogP contribution in [0.5, 0.6) is 5.75 Å². The van der Waals surface area contributed by atoms with Crippen molar-refractivity contribution in [2.45, 2.75) is 33.2 Å². The second kappa shape index (κ2) is 7.04. The van der Waals surface area contributed by atoms with Crippen LogP contribution in [0.3, 0.4) is 0 Å². The van der Waals surface area contributed by atoms with E-state index in [1.807, 2.05) is 29.8 Å². The van der Waals surface area contributed by atoms with Crippen molar-refractivity contribution in [3.8, 4) is 11.4 Å². The summed E-state index contributed by atoms with van der Waals surface area (Å²) in [5.74, 6) is 0.793. The molecule has 0 bridgehead atoms. The number of halogens is 1. The molecule has 1 N–H and O–H groups in total. The van der Waals surface area contributed by atoms with Gasteiger partial charge in [-0.25, -0.2) is 4.68 Å². The number of hydrogen-bond donors (Lipinski definition) is 1. The van der Waals surface area contributed by atoms with Crippen LogP contribution in [0.1, 0.15) is 37.7 Å². The van der Waals surface area contributed by atoms with E-state index in [2.05, 4.69) is 45.4 Å². The summed E-state index contributed by atoms with van der Waals surface area (Å²) in [5, 5.41) is 12.1. The molecule has 114 valence electrons. The summed E-state index contributed by atoms with van der Waals surface area (Å²) in [4.78, 5) is 0. The molecule has 6 heteroatoms. The molecule has 1 aromatic carbocycles. The molecule has 0 radical (unpaired) electrons. The van der Waals surface area contributed by atoms with E-state index in [0.717, 1.165) is 40.3 Å². The first kappa shape index (κ1) is 16.0. The number of aromatic nitrogens is 3. The summed E-state index contributed by atoms with van der Waals surface area (Å²) < 4.78 is 8.08. The molecule has 21 heavy (non-hydrogen) atoms. The van der Waals surface area contributed by atoms with Gasteiger partial charge in [0.2, 0.25) is 0 Å². The fourth-order valence-corrected chi connectivity index (χ4v) is 2.62. The number of ether oxygens (including phenoxy) is 1. The summed E-state index contributed by atoms with van der Waals surface area (Å²) in [6.45, 7) is 7.26. The highest BCUT2D eigenvalue weighted by Gasteiger charge is 2.17. The van der Waals surface area contributed by atoms with E-state index in [1.165, 1.54) is 0 Å². The molecule has 1 atom stereocenters. The monoisotopic (exact) mass is 352 g/mol. The van der Waals surface area contributed by atoms with Gasteiger partial charge in [0.1, 0.15) is 11.4 Å². The summed E-state index contributed by atoms with van der Waals surface area (Å²) in [6, 6.07) is 5.99. The lowest BCUT2D eigenvalue weighted by Crippen LogP contribution is -2.20. The third-order valence-corrected chi connectivity index (χ3v) is 4.09. The topological polar surface area (TPSA) is 52.0 Å². The summed E-state index contributed by atoms with van der Waals surface area (Å²) in [7, 11) is 1.66. The van der Waals surface area contributed by atoms with Crippen LogP contribution in [-0.2, 0) is 0 Å². The second-order valence-corrected chi connectivity index (χ2v) is 5.82. The van der Waals surface area contributed by atoms with Gasteiger partial charge in [-0.1, -0.05) is 12.1 Å². The Labute approximate surface area is 133 Å². The van der Waals surface area contributed by atoms with Gasteiger partial charge in [0, 0.05) is 10.5 Å². The third-order valence-electron chi connectivity index (χ3n) is 3.42. The molecule has 0 aliphatic rings. The Morgan fingerprint density at radius 2 is 2.19 bits per heavy atom. The average molecular weight is 353 g/mol. The molecule has 5 nitrogen and oxygen atoms in total. The van der Waals surface area contributed by atoms with E-state index in [9.17, 15) is 0 Å². The molecule has 0 fully saturated rings. The maximum absolute atomic E-state index is 5.28. The Kier molecular flexibility index (Phi) is 5.36. The van der Waals surface area contributed by atoms with Gasteiger partial charge in [-0.3, -0.25) is 0 Å². The van der Waals surface area contributed by atoms with Crippen molar-refractivity contribution in [3.05, 3.63) is 34.1 Å². The Morgan fingerprint density at radius 1 is 1.43 bits per heavy atom. The minimum atomic E-state index is 0.183. The highest BCUT2D eigenvalue weighted by Crippen LogP contribution is 2.27. The minimum absolute atomic E-state index is 0.183. The van der Waals surface area contributed by atoms with Crippen LogP contribution in [0.2, 0.25) is 0 Å². The van der Waals surface area contributed by atoms with Crippen molar-refractivity contribution in [1.29, 1.82) is 0 Å². The van der Waals surface area contributed by atoms with Crippen molar-refractivity contribution >= 4 is 15.9 Å². The zero-order chi connectivity index (χ0) is 15.4. The maximum Gasteiger partial charge on any atom is 0.121 e. The zero-order valence-electron chi connectivity index (χ0n) is 12.9. The molecule has 0 aliphatic carbocycles. The van der Waals surface area contributed by atoms with Crippen molar-refractivity contribution in [2.24, 2.45) is 0 Å². The largest absolute Gasteiger partial charge is 0.497 e. The Balaban J connectivity index is 2.36. The third kappa shape index (κ3) is 3.44. The van der Waals surface area contributed by atoms with Crippen LogP contribution in [0.25, 0.3) is 5.69 Å². The van der Waals surface area contributed by atoms with Crippen LogP contribution < -0.4 is 10.1 Å². The first-order chi connectivity index (χ1) is 10.1. The maximum atomic E-state index is 5.28. The Morgan fingerprint density at radius 3 is 2.86 bits per heavy atom. The molecule has 2 rings (SSSR count). The number of benzene rings is 1. The molecule has 2 aromatic rings. The van der Waals surface area contributed by atoms with E-state index < -0.39 is 0 Å². The van der Waals surface area contributed by atoms with Gasteiger partial charge in [0.15, 0.2) is 0 Å². The molecule has 0 amide bonds. The zero-order valence-corrected chi connectivity index (χ0v) is 14.4. The molecule has 0 saturated heterocycles. The first-order valence-electron chi connectivity index (χ1n) is 7.08. The predicted molar refractivity (Wildman–Crippen MR) is 87.1 cm³/mol. The lowest BCUT2D eigenvalue weighted by molar-refractivity contribution is 0.414. The van der Waals surface area contributed by atoms with Crippen LogP contribution in [-0.4, -0.2) is 28.6 Å². The normalized spacial score (nSPS) is 12.4. The van der Waals surface area contributed by atoms with Crippen LogP contribution in [0, 0.1) is 6.92 Å². The SMILES string of the molecule is CCCNC(C)c1nnn(-c2cc(OC)ccc2Br)c1C. The number of rotatable bonds is 6. The summed E-state index contributed by atoms with van der Waals surface area (Å²) in [5.41, 5.74) is 2.92. The van der Waals surface area contributed by atoms with Gasteiger partial charge in [-0.15, -0.1) is 5.10 Å². The van der Waals surface area contributed by atoms with Crippen molar-refractivity contribution in [2.75, 3.05) is 13.7 Å². The molecule has 0 spiro atoms. The molecular weight excluding hydrogens is 332 g/mol. The van der Waals surface area contributed by atoms with Gasteiger partial charge in [-0.05, 0) is 54.9 Å². The second-order valence-electron chi connectivity index (χ2n) is 4.97. The van der Waals surface area contributed by atoms with Gasteiger partial charge >= 0.3 is 0 Å². The first-order valence-corrected chi connectivity index (χ1v) is 7.87. The number of nitrogens with zero attached hydrogens (tertiary/aromatic N) is 3.